The van der Waals surface area contributed by atoms with Gasteiger partial charge in [0.1, 0.15) is 6.54 Å². The van der Waals surface area contributed by atoms with Crippen molar-refractivity contribution >= 4 is 23.6 Å². The summed E-state index contributed by atoms with van der Waals surface area (Å²) < 4.78 is 0. The lowest BCUT2D eigenvalue weighted by Gasteiger charge is -2.13. The molecular formula is C7H12N2O2S. The minimum Gasteiger partial charge on any atom is -0.326 e. The molecule has 2 amide bonds. The molecule has 0 aromatic heterocycles. The van der Waals surface area contributed by atoms with Crippen molar-refractivity contribution in [3.63, 3.8) is 0 Å². The van der Waals surface area contributed by atoms with E-state index < -0.39 is 0 Å². The summed E-state index contributed by atoms with van der Waals surface area (Å²) >= 11 is 1.48. The molecule has 1 aliphatic heterocycles. The summed E-state index contributed by atoms with van der Waals surface area (Å²) in [5, 5.41) is 0. The predicted octanol–water partition coefficient (Wildman–Crippen LogP) is -0.393. The van der Waals surface area contributed by atoms with Crippen molar-refractivity contribution in [1.29, 1.82) is 0 Å². The fourth-order valence-electron chi connectivity index (χ4n) is 1.05. The summed E-state index contributed by atoms with van der Waals surface area (Å²) in [4.78, 5) is 25.4. The number of thioether (sulfide) groups is 1. The van der Waals surface area contributed by atoms with Crippen LogP contribution in [0, 0.1) is 0 Å². The number of carbonyl (C=O) groups excluding carboxylic acids is 2. The van der Waals surface area contributed by atoms with Gasteiger partial charge in [-0.2, -0.15) is 11.8 Å². The fraction of sp³-hybridized carbons (Fsp3) is 0.714. The predicted molar refractivity (Wildman–Crippen MR) is 47.7 cm³/mol. The van der Waals surface area contributed by atoms with Crippen LogP contribution in [0.2, 0.25) is 0 Å². The smallest absolute Gasteiger partial charge is 0.243 e. The first-order chi connectivity index (χ1) is 5.65. The van der Waals surface area contributed by atoms with Gasteiger partial charge in [0.2, 0.25) is 11.8 Å². The topological polar surface area (TPSA) is 40.6 Å². The van der Waals surface area contributed by atoms with Gasteiger partial charge in [0, 0.05) is 7.05 Å². The lowest BCUT2D eigenvalue weighted by atomic mass is 10.5. The Morgan fingerprint density at radius 1 is 1.67 bits per heavy atom. The molecule has 0 unspecified atom stereocenters. The Balaban J connectivity index is 2.46. The van der Waals surface area contributed by atoms with Gasteiger partial charge >= 0.3 is 0 Å². The normalized spacial score (nSPS) is 17.3. The van der Waals surface area contributed by atoms with Crippen LogP contribution in [0.5, 0.6) is 0 Å². The van der Waals surface area contributed by atoms with Crippen LogP contribution in [-0.2, 0) is 9.59 Å². The number of nitrogens with zero attached hydrogens (tertiary/aromatic N) is 2. The fourth-order valence-corrected chi connectivity index (χ4v) is 1.48. The van der Waals surface area contributed by atoms with Crippen LogP contribution >= 0.6 is 11.8 Å². The molecule has 0 radical (unpaired) electrons. The molecule has 0 saturated carbocycles. The molecule has 0 aromatic carbocycles. The van der Waals surface area contributed by atoms with E-state index in [1.807, 2.05) is 6.26 Å². The van der Waals surface area contributed by atoms with Crippen molar-refractivity contribution in [3.05, 3.63) is 0 Å². The quantitative estimate of drug-likeness (QED) is 0.592. The summed E-state index contributed by atoms with van der Waals surface area (Å²) in [6.45, 7) is 0.689. The number of carbonyl (C=O) groups is 2. The maximum absolute atomic E-state index is 11.3. The SMILES string of the molecule is CSCC(=O)N1CC(=O)N(C)C1. The molecule has 68 valence electrons. The van der Waals surface area contributed by atoms with Gasteiger partial charge < -0.3 is 9.80 Å². The molecule has 1 fully saturated rings. The molecule has 0 aromatic rings. The molecule has 4 nitrogen and oxygen atoms in total. The Bertz CT molecular complexity index is 208. The minimum absolute atomic E-state index is 0.0180. The van der Waals surface area contributed by atoms with Crippen LogP contribution < -0.4 is 0 Å². The van der Waals surface area contributed by atoms with Crippen molar-refractivity contribution in [1.82, 2.24) is 9.80 Å². The molecule has 12 heavy (non-hydrogen) atoms. The van der Waals surface area contributed by atoms with Gasteiger partial charge in [-0.3, -0.25) is 9.59 Å². The van der Waals surface area contributed by atoms with Crippen molar-refractivity contribution in [2.75, 3.05) is 32.3 Å². The maximum Gasteiger partial charge on any atom is 0.243 e. The van der Waals surface area contributed by atoms with Crippen molar-refractivity contribution in [2.24, 2.45) is 0 Å². The van der Waals surface area contributed by atoms with Crippen LogP contribution in [0.3, 0.4) is 0 Å². The zero-order chi connectivity index (χ0) is 9.14. The second-order valence-corrected chi connectivity index (χ2v) is 3.62. The second-order valence-electron chi connectivity index (χ2n) is 2.76. The van der Waals surface area contributed by atoms with Crippen molar-refractivity contribution in [2.45, 2.75) is 0 Å². The highest BCUT2D eigenvalue weighted by atomic mass is 32.2. The molecule has 1 heterocycles. The number of hydrogen-bond donors (Lipinski definition) is 0. The summed E-state index contributed by atoms with van der Waals surface area (Å²) in [6, 6.07) is 0. The first-order valence-corrected chi connectivity index (χ1v) is 5.05. The van der Waals surface area contributed by atoms with Crippen molar-refractivity contribution < 1.29 is 9.59 Å². The van der Waals surface area contributed by atoms with E-state index in [9.17, 15) is 9.59 Å². The third kappa shape index (κ3) is 1.91. The van der Waals surface area contributed by atoms with Gasteiger partial charge in [0.05, 0.1) is 12.4 Å². The van der Waals surface area contributed by atoms with Gasteiger partial charge in [-0.15, -0.1) is 0 Å². The molecule has 0 aliphatic carbocycles. The maximum atomic E-state index is 11.3. The summed E-state index contributed by atoms with van der Waals surface area (Å²) in [5.74, 6) is 0.519. The van der Waals surface area contributed by atoms with E-state index >= 15 is 0 Å². The largest absolute Gasteiger partial charge is 0.326 e. The molecule has 1 saturated heterocycles. The van der Waals surface area contributed by atoms with Gasteiger partial charge in [-0.1, -0.05) is 0 Å². The third-order valence-corrected chi connectivity index (χ3v) is 2.29. The second kappa shape index (κ2) is 3.80. The minimum atomic E-state index is 0.0180. The Morgan fingerprint density at radius 3 is 2.75 bits per heavy atom. The van der Waals surface area contributed by atoms with E-state index in [2.05, 4.69) is 0 Å². The van der Waals surface area contributed by atoms with Gasteiger partial charge in [-0.25, -0.2) is 0 Å². The Hall–Kier alpha value is -0.710. The van der Waals surface area contributed by atoms with E-state index in [4.69, 9.17) is 0 Å². The molecular weight excluding hydrogens is 176 g/mol. The molecule has 0 bridgehead atoms. The summed E-state index contributed by atoms with van der Waals surface area (Å²) in [5.41, 5.74) is 0. The van der Waals surface area contributed by atoms with Gasteiger partial charge in [0.25, 0.3) is 0 Å². The number of likely N-dealkylation sites (N-methyl/N-ethyl adjacent to an activating group) is 1. The standard InChI is InChI=1S/C7H12N2O2S/c1-8-5-9(3-6(8)10)7(11)4-12-2/h3-5H2,1-2H3. The molecule has 0 N–H and O–H groups in total. The average molecular weight is 188 g/mol. The van der Waals surface area contributed by atoms with Gasteiger partial charge in [0.15, 0.2) is 0 Å². The zero-order valence-corrected chi connectivity index (χ0v) is 8.06. The Labute approximate surface area is 75.9 Å². The lowest BCUT2D eigenvalue weighted by molar-refractivity contribution is -0.129. The van der Waals surface area contributed by atoms with Crippen molar-refractivity contribution in [3.8, 4) is 0 Å². The number of hydrogen-bond acceptors (Lipinski definition) is 3. The summed E-state index contributed by atoms with van der Waals surface area (Å²) in [7, 11) is 1.70. The van der Waals surface area contributed by atoms with Crippen LogP contribution in [0.1, 0.15) is 0 Å². The monoisotopic (exact) mass is 188 g/mol. The average Bonchev–Trinajstić information content (AvgIpc) is 2.33. The van der Waals surface area contributed by atoms with E-state index in [1.165, 1.54) is 11.8 Å². The Morgan fingerprint density at radius 2 is 2.33 bits per heavy atom. The van der Waals surface area contributed by atoms with Crippen LogP contribution in [0.25, 0.3) is 0 Å². The molecule has 0 atom stereocenters. The number of amides is 2. The zero-order valence-electron chi connectivity index (χ0n) is 7.24. The van der Waals surface area contributed by atoms with Crippen LogP contribution in [0.4, 0.5) is 0 Å². The lowest BCUT2D eigenvalue weighted by Crippen LogP contribution is -2.31. The third-order valence-electron chi connectivity index (χ3n) is 1.76. The molecule has 1 rings (SSSR count). The molecule has 0 spiro atoms. The van der Waals surface area contributed by atoms with E-state index in [0.717, 1.165) is 0 Å². The highest BCUT2D eigenvalue weighted by Crippen LogP contribution is 2.06. The van der Waals surface area contributed by atoms with E-state index in [-0.39, 0.29) is 18.4 Å². The molecule has 5 heteroatoms. The first-order valence-electron chi connectivity index (χ1n) is 3.66. The molecule has 1 aliphatic rings. The summed E-state index contributed by atoms with van der Waals surface area (Å²) in [6.07, 6.45) is 1.87. The van der Waals surface area contributed by atoms with E-state index in [1.54, 1.807) is 16.8 Å². The number of rotatable bonds is 2. The van der Waals surface area contributed by atoms with Crippen LogP contribution in [0.15, 0.2) is 0 Å². The first kappa shape index (κ1) is 9.38. The highest BCUT2D eigenvalue weighted by Gasteiger charge is 2.27. The Kier molecular flexibility index (Phi) is 2.97. The van der Waals surface area contributed by atoms with E-state index in [0.29, 0.717) is 12.4 Å². The van der Waals surface area contributed by atoms with Crippen LogP contribution in [-0.4, -0.2) is 53.9 Å². The highest BCUT2D eigenvalue weighted by molar-refractivity contribution is 7.99. The van der Waals surface area contributed by atoms with Gasteiger partial charge in [-0.05, 0) is 6.26 Å².